The first-order valence-electron chi connectivity index (χ1n) is 6.45. The predicted octanol–water partition coefficient (Wildman–Crippen LogP) is 2.74. The van der Waals surface area contributed by atoms with E-state index < -0.39 is 21.8 Å². The van der Waals surface area contributed by atoms with Crippen LogP contribution in [0.2, 0.25) is 5.02 Å². The van der Waals surface area contributed by atoms with Crippen molar-refractivity contribution < 1.29 is 22.3 Å². The number of nitrogens with one attached hydrogen (secondary N) is 1. The highest BCUT2D eigenvalue weighted by molar-refractivity contribution is 7.89. The van der Waals surface area contributed by atoms with E-state index in [1.807, 2.05) is 0 Å². The van der Waals surface area contributed by atoms with Gasteiger partial charge in [-0.3, -0.25) is 0 Å². The summed E-state index contributed by atoms with van der Waals surface area (Å²) in [6.45, 7) is -0.0403. The van der Waals surface area contributed by atoms with Gasteiger partial charge in [0.05, 0.1) is 17.7 Å². The number of carbonyl (C=O) groups excluding carboxylic acids is 1. The number of ether oxygens (including phenoxy) is 1. The summed E-state index contributed by atoms with van der Waals surface area (Å²) in [5.74, 6) is -1.08. The van der Waals surface area contributed by atoms with E-state index in [0.717, 1.165) is 6.07 Å². The topological polar surface area (TPSA) is 72.5 Å². The van der Waals surface area contributed by atoms with Crippen LogP contribution in [-0.2, 0) is 21.3 Å². The number of hydrogen-bond acceptors (Lipinski definition) is 4. The van der Waals surface area contributed by atoms with Crippen molar-refractivity contribution in [2.45, 2.75) is 11.4 Å². The van der Waals surface area contributed by atoms with Crippen molar-refractivity contribution in [3.8, 4) is 0 Å². The first-order chi connectivity index (χ1) is 10.8. The second kappa shape index (κ2) is 7.08. The molecule has 0 atom stereocenters. The Kier molecular flexibility index (Phi) is 5.35. The van der Waals surface area contributed by atoms with E-state index in [-0.39, 0.29) is 22.0 Å². The van der Waals surface area contributed by atoms with Crippen LogP contribution in [0.15, 0.2) is 47.4 Å². The van der Waals surface area contributed by atoms with E-state index in [9.17, 15) is 17.6 Å². The minimum absolute atomic E-state index is 0.0238. The number of rotatable bonds is 5. The minimum atomic E-state index is -3.95. The molecule has 5 nitrogen and oxygen atoms in total. The smallest absolute Gasteiger partial charge is 0.337 e. The number of hydrogen-bond donors (Lipinski definition) is 1. The minimum Gasteiger partial charge on any atom is -0.465 e. The van der Waals surface area contributed by atoms with Crippen LogP contribution in [0, 0.1) is 5.82 Å². The van der Waals surface area contributed by atoms with Gasteiger partial charge in [0.15, 0.2) is 0 Å². The van der Waals surface area contributed by atoms with E-state index in [0.29, 0.717) is 5.56 Å². The quantitative estimate of drug-likeness (QED) is 0.835. The van der Waals surface area contributed by atoms with E-state index in [1.54, 1.807) is 0 Å². The molecule has 0 unspecified atom stereocenters. The van der Waals surface area contributed by atoms with Crippen LogP contribution in [0.25, 0.3) is 0 Å². The predicted molar refractivity (Wildman–Crippen MR) is 83.2 cm³/mol. The van der Waals surface area contributed by atoms with Crippen molar-refractivity contribution in [2.24, 2.45) is 0 Å². The number of methoxy groups -OCH3 is 1. The Hall–Kier alpha value is -1.96. The highest BCUT2D eigenvalue weighted by atomic mass is 35.5. The molecule has 122 valence electrons. The van der Waals surface area contributed by atoms with Gasteiger partial charge in [-0.05, 0) is 35.9 Å². The molecule has 1 N–H and O–H groups in total. The van der Waals surface area contributed by atoms with Crippen LogP contribution >= 0.6 is 11.6 Å². The summed E-state index contributed by atoms with van der Waals surface area (Å²) in [5, 5.41) is -0.0238. The molecule has 2 rings (SSSR count). The van der Waals surface area contributed by atoms with Crippen LogP contribution in [-0.4, -0.2) is 21.5 Å². The van der Waals surface area contributed by atoms with Gasteiger partial charge in [-0.15, -0.1) is 0 Å². The molecule has 0 heterocycles. The fourth-order valence-electron chi connectivity index (χ4n) is 1.81. The fourth-order valence-corrected chi connectivity index (χ4v) is 3.35. The average Bonchev–Trinajstić information content (AvgIpc) is 2.54. The molecule has 0 spiro atoms. The van der Waals surface area contributed by atoms with Crippen LogP contribution < -0.4 is 4.72 Å². The summed E-state index contributed by atoms with van der Waals surface area (Å²) < 4.78 is 44.4. The summed E-state index contributed by atoms with van der Waals surface area (Å²) in [6, 6.07) is 9.20. The number of sulfonamides is 1. The Balaban J connectivity index is 2.25. The molecular weight excluding hydrogens is 345 g/mol. The van der Waals surface area contributed by atoms with Gasteiger partial charge < -0.3 is 4.74 Å². The van der Waals surface area contributed by atoms with Crippen molar-refractivity contribution in [3.05, 3.63) is 64.4 Å². The van der Waals surface area contributed by atoms with Gasteiger partial charge in [-0.1, -0.05) is 23.7 Å². The molecule has 0 aliphatic rings. The molecule has 23 heavy (non-hydrogen) atoms. The Labute approximate surface area is 138 Å². The SMILES string of the molecule is COC(=O)c1ccc(Cl)c(S(=O)(=O)NCc2ccc(F)cc2)c1. The number of halogens is 2. The molecule has 2 aromatic carbocycles. The molecule has 0 saturated carbocycles. The second-order valence-electron chi connectivity index (χ2n) is 4.59. The Morgan fingerprint density at radius 2 is 1.87 bits per heavy atom. The molecule has 2 aromatic rings. The highest BCUT2D eigenvalue weighted by Crippen LogP contribution is 2.23. The standard InChI is InChI=1S/C15H13ClFNO4S/c1-22-15(19)11-4-7-13(16)14(8-11)23(20,21)18-9-10-2-5-12(17)6-3-10/h2-8,18H,9H2,1H3. The Morgan fingerprint density at radius 1 is 1.22 bits per heavy atom. The molecule has 0 fully saturated rings. The number of benzene rings is 2. The summed E-state index contributed by atoms with van der Waals surface area (Å²) >= 11 is 5.91. The molecule has 8 heteroatoms. The first-order valence-corrected chi connectivity index (χ1v) is 8.31. The van der Waals surface area contributed by atoms with Gasteiger partial charge in [0.25, 0.3) is 0 Å². The third-order valence-electron chi connectivity index (χ3n) is 3.02. The molecule has 0 aromatic heterocycles. The van der Waals surface area contributed by atoms with E-state index in [1.165, 1.54) is 43.5 Å². The average molecular weight is 358 g/mol. The van der Waals surface area contributed by atoms with Crippen LogP contribution in [0.1, 0.15) is 15.9 Å². The Morgan fingerprint density at radius 3 is 2.48 bits per heavy atom. The molecule has 0 amide bonds. The summed E-state index contributed by atoms with van der Waals surface area (Å²) in [7, 11) is -2.75. The van der Waals surface area contributed by atoms with Crippen molar-refractivity contribution in [1.29, 1.82) is 0 Å². The molecule has 0 aliphatic carbocycles. The zero-order valence-electron chi connectivity index (χ0n) is 12.0. The molecule has 0 saturated heterocycles. The largest absolute Gasteiger partial charge is 0.465 e. The first kappa shape index (κ1) is 17.4. The van der Waals surface area contributed by atoms with Gasteiger partial charge >= 0.3 is 5.97 Å². The molecule has 0 aliphatic heterocycles. The molecule has 0 radical (unpaired) electrons. The maximum Gasteiger partial charge on any atom is 0.337 e. The molecular formula is C15H13ClFNO4S. The van der Waals surface area contributed by atoms with Crippen molar-refractivity contribution >= 4 is 27.6 Å². The van der Waals surface area contributed by atoms with E-state index in [4.69, 9.17) is 11.6 Å². The van der Waals surface area contributed by atoms with Gasteiger partial charge in [0, 0.05) is 6.54 Å². The lowest BCUT2D eigenvalue weighted by Crippen LogP contribution is -2.24. The normalized spacial score (nSPS) is 11.3. The van der Waals surface area contributed by atoms with E-state index in [2.05, 4.69) is 9.46 Å². The Bertz CT molecular complexity index is 822. The number of carbonyl (C=O) groups is 1. The monoisotopic (exact) mass is 357 g/mol. The maximum atomic E-state index is 12.8. The van der Waals surface area contributed by atoms with E-state index >= 15 is 0 Å². The lowest BCUT2D eigenvalue weighted by molar-refractivity contribution is 0.0600. The van der Waals surface area contributed by atoms with Crippen LogP contribution in [0.5, 0.6) is 0 Å². The molecule has 0 bridgehead atoms. The third kappa shape index (κ3) is 4.28. The van der Waals surface area contributed by atoms with Gasteiger partial charge in [0.2, 0.25) is 10.0 Å². The lowest BCUT2D eigenvalue weighted by atomic mass is 10.2. The van der Waals surface area contributed by atoms with Crippen molar-refractivity contribution in [3.63, 3.8) is 0 Å². The van der Waals surface area contributed by atoms with Crippen molar-refractivity contribution in [2.75, 3.05) is 7.11 Å². The van der Waals surface area contributed by atoms with Crippen LogP contribution in [0.4, 0.5) is 4.39 Å². The zero-order valence-corrected chi connectivity index (χ0v) is 13.6. The summed E-state index contributed by atoms with van der Waals surface area (Å²) in [5.41, 5.74) is 0.647. The van der Waals surface area contributed by atoms with Crippen LogP contribution in [0.3, 0.4) is 0 Å². The van der Waals surface area contributed by atoms with Gasteiger partial charge in [0.1, 0.15) is 10.7 Å². The maximum absolute atomic E-state index is 12.8. The highest BCUT2D eigenvalue weighted by Gasteiger charge is 2.20. The lowest BCUT2D eigenvalue weighted by Gasteiger charge is -2.10. The fraction of sp³-hybridized carbons (Fsp3) is 0.133. The zero-order chi connectivity index (χ0) is 17.0. The number of esters is 1. The summed E-state index contributed by atoms with van der Waals surface area (Å²) in [6.07, 6.45) is 0. The second-order valence-corrected chi connectivity index (χ2v) is 6.73. The van der Waals surface area contributed by atoms with Gasteiger partial charge in [-0.25, -0.2) is 22.3 Å². The summed E-state index contributed by atoms with van der Waals surface area (Å²) in [4.78, 5) is 11.3. The van der Waals surface area contributed by atoms with Crippen molar-refractivity contribution in [1.82, 2.24) is 4.72 Å². The third-order valence-corrected chi connectivity index (χ3v) is 4.90. The van der Waals surface area contributed by atoms with Gasteiger partial charge in [-0.2, -0.15) is 0 Å².